The van der Waals surface area contributed by atoms with Crippen molar-refractivity contribution in [3.05, 3.63) is 27.7 Å². The summed E-state index contributed by atoms with van der Waals surface area (Å²) in [5, 5.41) is 6.05. The molecule has 1 amide bonds. The van der Waals surface area contributed by atoms with Gasteiger partial charge in [-0.2, -0.15) is 0 Å². The number of hydrogen-bond donors (Lipinski definition) is 3. The summed E-state index contributed by atoms with van der Waals surface area (Å²) in [6.45, 7) is 1.87. The quantitative estimate of drug-likeness (QED) is 0.654. The Bertz CT molecular complexity index is 515. The van der Waals surface area contributed by atoms with Gasteiger partial charge < -0.3 is 15.6 Å². The minimum absolute atomic E-state index is 0.00130. The van der Waals surface area contributed by atoms with Crippen LogP contribution >= 0.6 is 0 Å². The second-order valence-corrected chi connectivity index (χ2v) is 4.68. The van der Waals surface area contributed by atoms with Crippen molar-refractivity contribution in [2.24, 2.45) is 0 Å². The molecule has 3 heterocycles. The molecule has 0 bridgehead atoms. The topological polar surface area (TPSA) is 74.0 Å². The molecule has 5 heteroatoms. The van der Waals surface area contributed by atoms with Crippen LogP contribution in [-0.2, 0) is 11.2 Å². The minimum Gasteiger partial charge on any atom is -0.326 e. The molecule has 1 saturated heterocycles. The lowest BCUT2D eigenvalue weighted by atomic mass is 9.99. The van der Waals surface area contributed by atoms with Crippen LogP contribution in [0.4, 0.5) is 5.69 Å². The summed E-state index contributed by atoms with van der Waals surface area (Å²) < 4.78 is 0. The Hall–Kier alpha value is -1.62. The Morgan fingerprint density at radius 3 is 2.88 bits per heavy atom. The molecule has 1 aromatic rings. The van der Waals surface area contributed by atoms with Crippen LogP contribution in [0.1, 0.15) is 30.0 Å². The number of carbonyl (C=O) groups excluding carboxylic acids is 1. The summed E-state index contributed by atoms with van der Waals surface area (Å²) in [6, 6.07) is 1.92. The molecule has 1 unspecified atom stereocenters. The van der Waals surface area contributed by atoms with Crippen LogP contribution in [0.3, 0.4) is 0 Å². The zero-order valence-corrected chi connectivity index (χ0v) is 9.51. The average Bonchev–Trinajstić information content (AvgIpc) is 2.81. The van der Waals surface area contributed by atoms with E-state index in [0.29, 0.717) is 30.0 Å². The number of aromatic amines is 1. The minimum atomic E-state index is -0.0515. The van der Waals surface area contributed by atoms with Crippen molar-refractivity contribution < 1.29 is 4.79 Å². The highest BCUT2D eigenvalue weighted by Gasteiger charge is 2.22. The first-order valence-corrected chi connectivity index (χ1v) is 6.00. The first-order chi connectivity index (χ1) is 8.24. The fourth-order valence-electron chi connectivity index (χ4n) is 2.56. The van der Waals surface area contributed by atoms with Crippen molar-refractivity contribution in [2.45, 2.75) is 25.2 Å². The first kappa shape index (κ1) is 10.5. The van der Waals surface area contributed by atoms with E-state index in [1.807, 2.05) is 6.07 Å². The van der Waals surface area contributed by atoms with Gasteiger partial charge in [-0.05, 0) is 25.5 Å². The van der Waals surface area contributed by atoms with E-state index in [1.165, 1.54) is 0 Å². The van der Waals surface area contributed by atoms with Crippen LogP contribution in [0, 0.1) is 0 Å². The van der Waals surface area contributed by atoms with Crippen molar-refractivity contribution in [3.8, 4) is 0 Å². The zero-order valence-electron chi connectivity index (χ0n) is 9.51. The van der Waals surface area contributed by atoms with Gasteiger partial charge in [0, 0.05) is 30.1 Å². The summed E-state index contributed by atoms with van der Waals surface area (Å²) in [6.07, 6.45) is 1.97. The highest BCUT2D eigenvalue weighted by molar-refractivity contribution is 5.93. The summed E-state index contributed by atoms with van der Waals surface area (Å²) in [5.74, 6) is 0.352. The lowest BCUT2D eigenvalue weighted by Crippen LogP contribution is -2.27. The summed E-state index contributed by atoms with van der Waals surface area (Å²) in [7, 11) is 0. The van der Waals surface area contributed by atoms with Crippen molar-refractivity contribution >= 4 is 11.6 Å². The summed E-state index contributed by atoms with van der Waals surface area (Å²) in [4.78, 5) is 26.2. The van der Waals surface area contributed by atoms with Gasteiger partial charge in [0.2, 0.25) is 5.91 Å². The monoisotopic (exact) mass is 233 g/mol. The van der Waals surface area contributed by atoms with Crippen LogP contribution in [-0.4, -0.2) is 24.0 Å². The number of anilines is 1. The maximum Gasteiger partial charge on any atom is 0.253 e. The van der Waals surface area contributed by atoms with Gasteiger partial charge in [-0.3, -0.25) is 9.59 Å². The maximum atomic E-state index is 11.9. The third-order valence-electron chi connectivity index (χ3n) is 3.53. The van der Waals surface area contributed by atoms with Gasteiger partial charge in [0.05, 0.1) is 5.69 Å². The van der Waals surface area contributed by atoms with Crippen LogP contribution < -0.4 is 16.2 Å². The molecule has 2 aliphatic rings. The molecule has 5 nitrogen and oxygen atoms in total. The number of aromatic nitrogens is 1. The van der Waals surface area contributed by atoms with Crippen molar-refractivity contribution in [3.63, 3.8) is 0 Å². The number of fused-ring (bicyclic) bond motifs is 1. The predicted molar refractivity (Wildman–Crippen MR) is 64.2 cm³/mol. The van der Waals surface area contributed by atoms with Gasteiger partial charge in [0.1, 0.15) is 0 Å². The normalized spacial score (nSPS) is 23.3. The zero-order chi connectivity index (χ0) is 11.8. The smallest absolute Gasteiger partial charge is 0.253 e. The lowest BCUT2D eigenvalue weighted by molar-refractivity contribution is -0.116. The van der Waals surface area contributed by atoms with Crippen molar-refractivity contribution in [1.82, 2.24) is 10.3 Å². The Labute approximate surface area is 98.6 Å². The van der Waals surface area contributed by atoms with Crippen molar-refractivity contribution in [1.29, 1.82) is 0 Å². The molecule has 1 aromatic heterocycles. The molecule has 1 fully saturated rings. The Morgan fingerprint density at radius 2 is 2.12 bits per heavy atom. The van der Waals surface area contributed by atoms with Crippen molar-refractivity contribution in [2.75, 3.05) is 18.4 Å². The fourth-order valence-corrected chi connectivity index (χ4v) is 2.56. The average molecular weight is 233 g/mol. The first-order valence-electron chi connectivity index (χ1n) is 6.00. The van der Waals surface area contributed by atoms with E-state index in [0.717, 1.165) is 25.2 Å². The summed E-state index contributed by atoms with van der Waals surface area (Å²) >= 11 is 0. The number of carbonyl (C=O) groups is 1. The third kappa shape index (κ3) is 1.86. The molecule has 0 spiro atoms. The molecule has 1 atom stereocenters. The number of H-pyrrole nitrogens is 1. The highest BCUT2D eigenvalue weighted by atomic mass is 16.2. The molecule has 3 rings (SSSR count). The van der Waals surface area contributed by atoms with E-state index < -0.39 is 0 Å². The van der Waals surface area contributed by atoms with Gasteiger partial charge in [0.25, 0.3) is 5.56 Å². The molecule has 90 valence electrons. The van der Waals surface area contributed by atoms with E-state index in [4.69, 9.17) is 0 Å². The molecule has 3 N–H and O–H groups in total. The second kappa shape index (κ2) is 4.00. The standard InChI is InChI=1S/C12H15N3O2/c16-11-2-1-8-10(14-11)5-9(15-12(8)17)7-3-4-13-6-7/h5,7,13H,1-4,6H2,(H,14,16)(H,15,17). The number of rotatable bonds is 1. The SMILES string of the molecule is O=C1CCc2c(cc(C3CCNC3)[nH]c2=O)N1. The molecule has 2 aliphatic heterocycles. The maximum absolute atomic E-state index is 11.9. The predicted octanol–water partition coefficient (Wildman–Crippen LogP) is 0.336. The number of amides is 1. The molecule has 0 aliphatic carbocycles. The highest BCUT2D eigenvalue weighted by Crippen LogP contribution is 2.25. The molecule has 0 aromatic carbocycles. The molecular formula is C12H15N3O2. The number of hydrogen-bond acceptors (Lipinski definition) is 3. The number of pyridine rings is 1. The van der Waals surface area contributed by atoms with Gasteiger partial charge >= 0.3 is 0 Å². The Balaban J connectivity index is 2.02. The van der Waals surface area contributed by atoms with Crippen LogP contribution in [0.5, 0.6) is 0 Å². The molecule has 0 radical (unpaired) electrons. The Morgan fingerprint density at radius 1 is 1.24 bits per heavy atom. The fraction of sp³-hybridized carbons (Fsp3) is 0.500. The van der Waals surface area contributed by atoms with Crippen LogP contribution in [0.15, 0.2) is 10.9 Å². The van der Waals surface area contributed by atoms with Gasteiger partial charge in [-0.15, -0.1) is 0 Å². The van der Waals surface area contributed by atoms with E-state index in [2.05, 4.69) is 15.6 Å². The summed E-state index contributed by atoms with van der Waals surface area (Å²) in [5.41, 5.74) is 2.29. The van der Waals surface area contributed by atoms with E-state index in [1.54, 1.807) is 0 Å². The van der Waals surface area contributed by atoms with Crippen LogP contribution in [0.25, 0.3) is 0 Å². The lowest BCUT2D eigenvalue weighted by Gasteiger charge is -2.18. The van der Waals surface area contributed by atoms with Gasteiger partial charge in [-0.1, -0.05) is 0 Å². The third-order valence-corrected chi connectivity index (χ3v) is 3.53. The van der Waals surface area contributed by atoms with E-state index in [9.17, 15) is 9.59 Å². The van der Waals surface area contributed by atoms with E-state index >= 15 is 0 Å². The molecular weight excluding hydrogens is 218 g/mol. The molecule has 17 heavy (non-hydrogen) atoms. The van der Waals surface area contributed by atoms with Crippen LogP contribution in [0.2, 0.25) is 0 Å². The van der Waals surface area contributed by atoms with Gasteiger partial charge in [0.15, 0.2) is 0 Å². The molecule has 0 saturated carbocycles. The van der Waals surface area contributed by atoms with E-state index in [-0.39, 0.29) is 11.5 Å². The number of nitrogens with one attached hydrogen (secondary N) is 3. The second-order valence-electron chi connectivity index (χ2n) is 4.68. The van der Waals surface area contributed by atoms with Gasteiger partial charge in [-0.25, -0.2) is 0 Å². The largest absolute Gasteiger partial charge is 0.326 e. The Kier molecular flexibility index (Phi) is 2.48.